The highest BCUT2D eigenvalue weighted by atomic mass is 16.7. The molecule has 1 unspecified atom stereocenters. The van der Waals surface area contributed by atoms with Gasteiger partial charge in [0.15, 0.2) is 23.4 Å². The number of carbonyl (C=O) groups excluding carboxylic acids is 3. The van der Waals surface area contributed by atoms with Crippen LogP contribution in [0.15, 0.2) is 11.5 Å². The zero-order valence-corrected chi connectivity index (χ0v) is 35.1. The van der Waals surface area contributed by atoms with Crippen LogP contribution >= 0.6 is 0 Å². The molecule has 0 radical (unpaired) electrons. The van der Waals surface area contributed by atoms with Gasteiger partial charge in [0.05, 0.1) is 6.61 Å². The fourth-order valence-electron chi connectivity index (χ4n) is 7.77. The number of aliphatic hydroxyl groups excluding tert-OH is 6. The predicted octanol–water partition coefficient (Wildman–Crippen LogP) is 6.69. The smallest absolute Gasteiger partial charge is 0.378 e. The van der Waals surface area contributed by atoms with Crippen LogP contribution in [0.25, 0.3) is 0 Å². The molecule has 0 bridgehead atoms. The van der Waals surface area contributed by atoms with Gasteiger partial charge in [0.1, 0.15) is 24.4 Å². The van der Waals surface area contributed by atoms with Gasteiger partial charge >= 0.3 is 5.97 Å². The summed E-state index contributed by atoms with van der Waals surface area (Å²) in [6.45, 7) is 3.63. The summed E-state index contributed by atoms with van der Waals surface area (Å²) in [7, 11) is 0. The minimum absolute atomic E-state index is 0.146. The summed E-state index contributed by atoms with van der Waals surface area (Å²) in [5.74, 6) is -5.34. The molecule has 0 aromatic heterocycles. The molecule has 57 heavy (non-hydrogen) atoms. The fourth-order valence-corrected chi connectivity index (χ4v) is 7.77. The van der Waals surface area contributed by atoms with Gasteiger partial charge in [-0.15, -0.1) is 0 Å². The number of Topliss-reactive ketones (excluding diaryl/α,β-unsaturated/α-hetero) is 2. The standard InChI is InChI=1S/C44H78O13/c1-3-5-7-9-11-13-15-17-19-21-23-25-27-29-32(46)40(52)44(54,34(47)30-28-26-24-22-20-18-16-14-12-10-8-6-4-2)41-38(51)39(42(53)57-41)56-43-37(50)36(49)35(48)33(31-45)55-43/h33,35-37,40-41,43,45,48-52,54H,3-31H2,1-2H3/t33-,35-,36+,37-,40?,41+,43-,44+/m1/s1. The molecule has 2 rings (SSSR count). The molecule has 0 amide bonds. The Morgan fingerprint density at radius 2 is 1.05 bits per heavy atom. The average molecular weight is 815 g/mol. The molecule has 0 aliphatic carbocycles. The van der Waals surface area contributed by atoms with E-state index in [1.807, 2.05) is 0 Å². The molecule has 8 atom stereocenters. The minimum Gasteiger partial charge on any atom is -0.505 e. The molecule has 1 fully saturated rings. The van der Waals surface area contributed by atoms with Crippen LogP contribution in [0.3, 0.4) is 0 Å². The summed E-state index contributed by atoms with van der Waals surface area (Å²) in [6.07, 6.45) is 14.3. The molecule has 0 aromatic carbocycles. The second-order valence-corrected chi connectivity index (χ2v) is 16.4. The predicted molar refractivity (Wildman–Crippen MR) is 216 cm³/mol. The highest BCUT2D eigenvalue weighted by Crippen LogP contribution is 2.36. The van der Waals surface area contributed by atoms with E-state index < -0.39 is 84.2 Å². The number of aliphatic hydroxyl groups is 7. The van der Waals surface area contributed by atoms with Crippen LogP contribution < -0.4 is 0 Å². The largest absolute Gasteiger partial charge is 0.505 e. The minimum atomic E-state index is -3.05. The van der Waals surface area contributed by atoms with Crippen molar-refractivity contribution in [3.63, 3.8) is 0 Å². The molecule has 13 nitrogen and oxygen atoms in total. The maximum atomic E-state index is 13.8. The Morgan fingerprint density at radius 3 is 1.47 bits per heavy atom. The first-order valence-electron chi connectivity index (χ1n) is 22.5. The Hall–Kier alpha value is -2.13. The van der Waals surface area contributed by atoms with Crippen LogP contribution in [-0.2, 0) is 28.6 Å². The van der Waals surface area contributed by atoms with Gasteiger partial charge in [-0.1, -0.05) is 168 Å². The van der Waals surface area contributed by atoms with Crippen molar-refractivity contribution in [2.24, 2.45) is 0 Å². The molecule has 1 saturated heterocycles. The number of unbranched alkanes of at least 4 members (excludes halogenated alkanes) is 24. The van der Waals surface area contributed by atoms with E-state index in [9.17, 15) is 50.1 Å². The number of ketones is 2. The molecule has 2 aliphatic rings. The maximum Gasteiger partial charge on any atom is 0.378 e. The van der Waals surface area contributed by atoms with Gasteiger partial charge < -0.3 is 50.0 Å². The van der Waals surface area contributed by atoms with E-state index in [1.165, 1.54) is 96.3 Å². The quantitative estimate of drug-likeness (QED) is 0.0262. The van der Waals surface area contributed by atoms with Gasteiger partial charge in [-0.3, -0.25) is 9.59 Å². The molecule has 0 spiro atoms. The van der Waals surface area contributed by atoms with Crippen LogP contribution in [0, 0.1) is 0 Å². The van der Waals surface area contributed by atoms with Crippen molar-refractivity contribution < 1.29 is 64.3 Å². The van der Waals surface area contributed by atoms with E-state index in [1.54, 1.807) is 0 Å². The van der Waals surface area contributed by atoms with Crippen molar-refractivity contribution in [3.05, 3.63) is 11.5 Å². The van der Waals surface area contributed by atoms with E-state index in [-0.39, 0.29) is 12.8 Å². The van der Waals surface area contributed by atoms with Gasteiger partial charge in [0.25, 0.3) is 0 Å². The van der Waals surface area contributed by atoms with Crippen LogP contribution in [-0.4, -0.2) is 108 Å². The number of carbonyl (C=O) groups is 3. The molecule has 7 N–H and O–H groups in total. The van der Waals surface area contributed by atoms with Gasteiger partial charge in [0, 0.05) is 12.8 Å². The summed E-state index contributed by atoms with van der Waals surface area (Å²) in [5, 5.41) is 74.5. The number of cyclic esters (lactones) is 1. The number of rotatable bonds is 35. The van der Waals surface area contributed by atoms with E-state index >= 15 is 0 Å². The Morgan fingerprint density at radius 1 is 0.649 bits per heavy atom. The summed E-state index contributed by atoms with van der Waals surface area (Å²) in [5.41, 5.74) is -3.05. The Kier molecular flexibility index (Phi) is 26.1. The second-order valence-electron chi connectivity index (χ2n) is 16.4. The third-order valence-electron chi connectivity index (χ3n) is 11.6. The molecule has 2 heterocycles. The molecule has 13 heteroatoms. The molecule has 2 aliphatic heterocycles. The van der Waals surface area contributed by atoms with Crippen LogP contribution in [0.5, 0.6) is 0 Å². The zero-order chi connectivity index (χ0) is 42.1. The van der Waals surface area contributed by atoms with Gasteiger partial charge in [-0.25, -0.2) is 4.79 Å². The first-order chi connectivity index (χ1) is 27.4. The van der Waals surface area contributed by atoms with Crippen LogP contribution in [0.4, 0.5) is 0 Å². The lowest BCUT2D eigenvalue weighted by Crippen LogP contribution is -2.61. The van der Waals surface area contributed by atoms with Crippen molar-refractivity contribution in [1.29, 1.82) is 0 Å². The number of esters is 1. The SMILES string of the molecule is CCCCCCCCCCCCCCCC(=O)C(O)[C@@](O)(C(=O)CCCCCCCCCCCCCCC)[C@H]1OC(=O)C(O[C@H]2O[C@H](CO)[C@@H](O)[C@H](O)[C@H]2O)=C1O. The van der Waals surface area contributed by atoms with E-state index in [4.69, 9.17) is 14.2 Å². The normalized spacial score (nSPS) is 24.0. The third kappa shape index (κ3) is 17.2. The highest BCUT2D eigenvalue weighted by molar-refractivity contribution is 5.99. The fraction of sp³-hybridized carbons (Fsp3) is 0.886. The second kappa shape index (κ2) is 29.2. The maximum absolute atomic E-state index is 13.8. The monoisotopic (exact) mass is 815 g/mol. The van der Waals surface area contributed by atoms with Crippen LogP contribution in [0.1, 0.15) is 194 Å². The summed E-state index contributed by atoms with van der Waals surface area (Å²) < 4.78 is 15.8. The van der Waals surface area contributed by atoms with Gasteiger partial charge in [-0.2, -0.15) is 0 Å². The molecular weight excluding hydrogens is 736 g/mol. The van der Waals surface area contributed by atoms with Crippen LogP contribution in [0.2, 0.25) is 0 Å². The van der Waals surface area contributed by atoms with E-state index in [0.717, 1.165) is 44.9 Å². The first-order valence-corrected chi connectivity index (χ1v) is 22.5. The third-order valence-corrected chi connectivity index (χ3v) is 11.6. The Labute approximate surface area is 341 Å². The van der Waals surface area contributed by atoms with Crippen molar-refractivity contribution in [1.82, 2.24) is 0 Å². The van der Waals surface area contributed by atoms with E-state index in [2.05, 4.69) is 13.8 Å². The summed E-state index contributed by atoms with van der Waals surface area (Å²) in [6, 6.07) is 0. The van der Waals surface area contributed by atoms with Gasteiger partial charge in [-0.05, 0) is 12.8 Å². The summed E-state index contributed by atoms with van der Waals surface area (Å²) in [4.78, 5) is 40.1. The zero-order valence-electron chi connectivity index (χ0n) is 35.1. The molecule has 0 aromatic rings. The molecule has 0 saturated carbocycles. The first kappa shape index (κ1) is 51.0. The summed E-state index contributed by atoms with van der Waals surface area (Å²) >= 11 is 0. The van der Waals surface area contributed by atoms with Crippen molar-refractivity contribution in [3.8, 4) is 0 Å². The van der Waals surface area contributed by atoms with E-state index in [0.29, 0.717) is 25.7 Å². The number of hydrogen-bond acceptors (Lipinski definition) is 13. The highest BCUT2D eigenvalue weighted by Gasteiger charge is 2.60. The van der Waals surface area contributed by atoms with Crippen molar-refractivity contribution in [2.45, 2.75) is 242 Å². The lowest BCUT2D eigenvalue weighted by Gasteiger charge is -2.39. The average Bonchev–Trinajstić information content (AvgIpc) is 3.49. The number of hydrogen-bond donors (Lipinski definition) is 7. The van der Waals surface area contributed by atoms with Gasteiger partial charge in [0.2, 0.25) is 23.8 Å². The Balaban J connectivity index is 2.00. The number of ether oxygens (including phenoxy) is 3. The van der Waals surface area contributed by atoms with Crippen molar-refractivity contribution >= 4 is 17.5 Å². The molecular formula is C44H78O13. The lowest BCUT2D eigenvalue weighted by molar-refractivity contribution is -0.291. The lowest BCUT2D eigenvalue weighted by atomic mass is 9.80. The topological polar surface area (TPSA) is 221 Å². The molecule has 332 valence electrons. The van der Waals surface area contributed by atoms with Crippen molar-refractivity contribution in [2.75, 3.05) is 6.61 Å². The Bertz CT molecular complexity index is 1160.